The first-order valence-corrected chi connectivity index (χ1v) is 7.01. The van der Waals surface area contributed by atoms with Crippen molar-refractivity contribution in [3.63, 3.8) is 0 Å². The molecule has 0 fully saturated rings. The molecule has 0 saturated carbocycles. The fourth-order valence-electron chi connectivity index (χ4n) is 2.26. The van der Waals surface area contributed by atoms with Crippen LogP contribution in [0.25, 0.3) is 0 Å². The van der Waals surface area contributed by atoms with Crippen molar-refractivity contribution in [2.75, 3.05) is 11.9 Å². The summed E-state index contributed by atoms with van der Waals surface area (Å²) in [5, 5.41) is 19.0. The van der Waals surface area contributed by atoms with Gasteiger partial charge in [0.25, 0.3) is 0 Å². The Balaban J connectivity index is 3.34. The zero-order chi connectivity index (χ0) is 15.5. The van der Waals surface area contributed by atoms with Gasteiger partial charge in [-0.05, 0) is 12.8 Å². The number of nitro groups is 1. The lowest BCUT2D eigenvalue weighted by Gasteiger charge is -2.32. The molecular weight excluding hydrogens is 258 g/mol. The van der Waals surface area contributed by atoms with Gasteiger partial charge < -0.3 is 11.1 Å². The molecule has 1 aromatic rings. The Morgan fingerprint density at radius 3 is 2.35 bits per heavy atom. The smallest absolute Gasteiger partial charge is 0.334 e. The number of aryl methyl sites for hydroxylation is 1. The standard InChI is InChI=1S/C13H25N5O2/c1-6-13(7-2,8-14)15-12-11(18(19)20)10(9(3)4)16-17(12)5/h9,15H,6-8,14H2,1-5H3. The Kier molecular flexibility index (Phi) is 5.10. The van der Waals surface area contributed by atoms with Gasteiger partial charge in [0.1, 0.15) is 5.69 Å². The number of nitrogens with zero attached hydrogens (tertiary/aromatic N) is 3. The maximum absolute atomic E-state index is 11.4. The van der Waals surface area contributed by atoms with Gasteiger partial charge >= 0.3 is 5.69 Å². The second-order valence-electron chi connectivity index (χ2n) is 5.43. The van der Waals surface area contributed by atoms with Crippen molar-refractivity contribution in [3.8, 4) is 0 Å². The maximum atomic E-state index is 11.4. The van der Waals surface area contributed by atoms with Crippen LogP contribution >= 0.6 is 0 Å². The highest BCUT2D eigenvalue weighted by Gasteiger charge is 2.33. The summed E-state index contributed by atoms with van der Waals surface area (Å²) in [7, 11) is 1.72. The first kappa shape index (κ1) is 16.4. The van der Waals surface area contributed by atoms with Crippen LogP contribution in [0.1, 0.15) is 52.1 Å². The summed E-state index contributed by atoms with van der Waals surface area (Å²) >= 11 is 0. The molecule has 7 heteroatoms. The normalized spacial score (nSPS) is 11.9. The van der Waals surface area contributed by atoms with Crippen LogP contribution in [0.15, 0.2) is 0 Å². The van der Waals surface area contributed by atoms with Gasteiger partial charge in [-0.1, -0.05) is 27.7 Å². The van der Waals surface area contributed by atoms with Crippen LogP contribution in [0, 0.1) is 10.1 Å². The molecule has 1 heterocycles. The summed E-state index contributed by atoms with van der Waals surface area (Å²) in [5.74, 6) is 0.431. The molecule has 0 saturated heterocycles. The van der Waals surface area contributed by atoms with Crippen molar-refractivity contribution in [1.29, 1.82) is 0 Å². The lowest BCUT2D eigenvalue weighted by Crippen LogP contribution is -2.45. The van der Waals surface area contributed by atoms with E-state index in [4.69, 9.17) is 5.73 Å². The summed E-state index contributed by atoms with van der Waals surface area (Å²) < 4.78 is 1.54. The third-order valence-electron chi connectivity index (χ3n) is 3.91. The summed E-state index contributed by atoms with van der Waals surface area (Å²) in [6, 6.07) is 0. The first-order valence-electron chi connectivity index (χ1n) is 7.01. The van der Waals surface area contributed by atoms with E-state index in [1.807, 2.05) is 27.7 Å². The van der Waals surface area contributed by atoms with Crippen molar-refractivity contribution < 1.29 is 4.92 Å². The molecule has 0 spiro atoms. The number of aromatic nitrogens is 2. The largest absolute Gasteiger partial charge is 0.358 e. The van der Waals surface area contributed by atoms with E-state index < -0.39 is 0 Å². The number of nitrogens with two attached hydrogens (primary N) is 1. The minimum atomic E-state index is -0.364. The van der Waals surface area contributed by atoms with Gasteiger partial charge in [0.05, 0.1) is 10.5 Å². The monoisotopic (exact) mass is 283 g/mol. The molecule has 0 atom stereocenters. The maximum Gasteiger partial charge on any atom is 0.334 e. The highest BCUT2D eigenvalue weighted by molar-refractivity contribution is 5.61. The van der Waals surface area contributed by atoms with Crippen LogP contribution in [0.4, 0.5) is 11.5 Å². The van der Waals surface area contributed by atoms with Crippen LogP contribution in [-0.2, 0) is 7.05 Å². The highest BCUT2D eigenvalue weighted by Crippen LogP contribution is 2.35. The fourth-order valence-corrected chi connectivity index (χ4v) is 2.26. The van der Waals surface area contributed by atoms with Crippen molar-refractivity contribution in [2.24, 2.45) is 12.8 Å². The molecule has 0 radical (unpaired) electrons. The zero-order valence-corrected chi connectivity index (χ0v) is 12.9. The van der Waals surface area contributed by atoms with Crippen molar-refractivity contribution in [1.82, 2.24) is 9.78 Å². The Morgan fingerprint density at radius 2 is 2.00 bits per heavy atom. The molecule has 0 unspecified atom stereocenters. The summed E-state index contributed by atoms with van der Waals surface area (Å²) in [6.07, 6.45) is 1.58. The van der Waals surface area contributed by atoms with Gasteiger partial charge in [-0.15, -0.1) is 0 Å². The molecule has 114 valence electrons. The molecule has 1 aromatic heterocycles. The number of hydrogen-bond donors (Lipinski definition) is 2. The third-order valence-corrected chi connectivity index (χ3v) is 3.91. The first-order chi connectivity index (χ1) is 9.31. The predicted octanol–water partition coefficient (Wildman–Crippen LogP) is 2.38. The minimum Gasteiger partial charge on any atom is -0.358 e. The molecule has 20 heavy (non-hydrogen) atoms. The average Bonchev–Trinajstić information content (AvgIpc) is 2.73. The molecule has 0 bridgehead atoms. The second-order valence-corrected chi connectivity index (χ2v) is 5.43. The topological polar surface area (TPSA) is 99.0 Å². The molecule has 7 nitrogen and oxygen atoms in total. The summed E-state index contributed by atoms with van der Waals surface area (Å²) in [6.45, 7) is 8.26. The van der Waals surface area contributed by atoms with E-state index in [0.717, 1.165) is 12.8 Å². The van der Waals surface area contributed by atoms with E-state index in [9.17, 15) is 10.1 Å². The fraction of sp³-hybridized carbons (Fsp3) is 0.769. The van der Waals surface area contributed by atoms with Crippen LogP contribution in [0.3, 0.4) is 0 Å². The van der Waals surface area contributed by atoms with Crippen molar-refractivity contribution >= 4 is 11.5 Å². The van der Waals surface area contributed by atoms with Gasteiger partial charge in [-0.3, -0.25) is 10.1 Å². The minimum absolute atomic E-state index is 0.00678. The molecule has 0 aliphatic carbocycles. The van der Waals surface area contributed by atoms with Crippen LogP contribution < -0.4 is 11.1 Å². The van der Waals surface area contributed by atoms with Gasteiger partial charge in [0.2, 0.25) is 5.82 Å². The molecule has 0 aliphatic rings. The second kappa shape index (κ2) is 6.21. The average molecular weight is 283 g/mol. The number of hydrogen-bond acceptors (Lipinski definition) is 5. The molecule has 3 N–H and O–H groups in total. The summed E-state index contributed by atoms with van der Waals surface area (Å²) in [5.41, 5.74) is 6.07. The third kappa shape index (κ3) is 2.92. The number of nitrogens with one attached hydrogen (secondary N) is 1. The Morgan fingerprint density at radius 1 is 1.45 bits per heavy atom. The summed E-state index contributed by atoms with van der Waals surface area (Å²) in [4.78, 5) is 11.0. The Bertz CT molecular complexity index is 469. The molecule has 1 rings (SSSR count). The molecular formula is C13H25N5O2. The Labute approximate surface area is 119 Å². The number of anilines is 1. The van der Waals surface area contributed by atoms with E-state index in [1.54, 1.807) is 11.7 Å². The van der Waals surface area contributed by atoms with Gasteiger partial charge in [-0.25, -0.2) is 4.68 Å². The van der Waals surface area contributed by atoms with Crippen LogP contribution in [-0.4, -0.2) is 26.8 Å². The highest BCUT2D eigenvalue weighted by atomic mass is 16.6. The zero-order valence-electron chi connectivity index (χ0n) is 12.9. The van der Waals surface area contributed by atoms with Gasteiger partial charge in [-0.2, -0.15) is 5.10 Å². The molecule has 0 aromatic carbocycles. The van der Waals surface area contributed by atoms with Gasteiger partial charge in [0, 0.05) is 19.5 Å². The van der Waals surface area contributed by atoms with Crippen molar-refractivity contribution in [3.05, 3.63) is 15.8 Å². The van der Waals surface area contributed by atoms with E-state index >= 15 is 0 Å². The van der Waals surface area contributed by atoms with Crippen molar-refractivity contribution in [2.45, 2.75) is 52.0 Å². The lowest BCUT2D eigenvalue weighted by molar-refractivity contribution is -0.384. The van der Waals surface area contributed by atoms with E-state index in [1.165, 1.54) is 0 Å². The SMILES string of the molecule is CCC(CC)(CN)Nc1c([N+](=O)[O-])c(C(C)C)nn1C. The Hall–Kier alpha value is -1.63. The van der Waals surface area contributed by atoms with Gasteiger partial charge in [0.15, 0.2) is 0 Å². The predicted molar refractivity (Wildman–Crippen MR) is 79.9 cm³/mol. The molecule has 0 amide bonds. The number of rotatable bonds is 7. The quantitative estimate of drug-likeness (QED) is 0.591. The van der Waals surface area contributed by atoms with E-state index in [-0.39, 0.29) is 22.1 Å². The molecule has 0 aliphatic heterocycles. The van der Waals surface area contributed by atoms with E-state index in [2.05, 4.69) is 10.4 Å². The van der Waals surface area contributed by atoms with E-state index in [0.29, 0.717) is 18.1 Å². The van der Waals surface area contributed by atoms with Crippen LogP contribution in [0.2, 0.25) is 0 Å². The van der Waals surface area contributed by atoms with Crippen LogP contribution in [0.5, 0.6) is 0 Å². The lowest BCUT2D eigenvalue weighted by atomic mass is 9.93.